The summed E-state index contributed by atoms with van der Waals surface area (Å²) >= 11 is 0. The number of benzene rings is 1. The number of carboxylic acid groups (broad SMARTS) is 1. The molecule has 1 aromatic rings. The second-order valence-electron chi connectivity index (χ2n) is 6.04. The van der Waals surface area contributed by atoms with Gasteiger partial charge < -0.3 is 10.4 Å². The van der Waals surface area contributed by atoms with Gasteiger partial charge in [-0.3, -0.25) is 9.59 Å². The first-order chi connectivity index (χ1) is 11.2. The molecule has 24 heavy (non-hydrogen) atoms. The van der Waals surface area contributed by atoms with Gasteiger partial charge in [0.25, 0.3) is 0 Å². The van der Waals surface area contributed by atoms with Crippen molar-refractivity contribution >= 4 is 21.9 Å². The smallest absolute Gasteiger partial charge is 0.322 e. The minimum absolute atomic E-state index is 0.250. The molecule has 1 saturated heterocycles. The zero-order valence-electron chi connectivity index (χ0n) is 13.8. The van der Waals surface area contributed by atoms with E-state index in [4.69, 9.17) is 5.11 Å². The van der Waals surface area contributed by atoms with Gasteiger partial charge in [0.15, 0.2) is 0 Å². The van der Waals surface area contributed by atoms with Crippen LogP contribution in [0.5, 0.6) is 0 Å². The van der Waals surface area contributed by atoms with Gasteiger partial charge in [0, 0.05) is 19.0 Å². The zero-order valence-corrected chi connectivity index (χ0v) is 14.6. The SMILES string of the molecule is Cc1ccc(S(=O)(=O)N2CCC(C(=O)NCC(=O)O)CC2)cc1C. The summed E-state index contributed by atoms with van der Waals surface area (Å²) in [6.45, 7) is 3.88. The van der Waals surface area contributed by atoms with Gasteiger partial charge in [-0.05, 0) is 49.9 Å². The first-order valence-electron chi connectivity index (χ1n) is 7.78. The number of carboxylic acids is 1. The van der Waals surface area contributed by atoms with Crippen molar-refractivity contribution < 1.29 is 23.1 Å². The Labute approximate surface area is 141 Å². The van der Waals surface area contributed by atoms with Gasteiger partial charge in [0.05, 0.1) is 4.90 Å². The molecule has 1 amide bonds. The third-order valence-corrected chi connectivity index (χ3v) is 6.25. The summed E-state index contributed by atoms with van der Waals surface area (Å²) in [7, 11) is -3.57. The lowest BCUT2D eigenvalue weighted by atomic mass is 9.97. The quantitative estimate of drug-likeness (QED) is 0.818. The predicted molar refractivity (Wildman–Crippen MR) is 88.0 cm³/mol. The van der Waals surface area contributed by atoms with Crippen LogP contribution in [0.25, 0.3) is 0 Å². The number of carbonyl (C=O) groups excluding carboxylic acids is 1. The maximum atomic E-state index is 12.7. The number of amides is 1. The number of carbonyl (C=O) groups is 2. The van der Waals surface area contributed by atoms with Crippen molar-refractivity contribution in [1.82, 2.24) is 9.62 Å². The Kier molecular flexibility index (Phi) is 5.61. The molecule has 0 radical (unpaired) electrons. The highest BCUT2D eigenvalue weighted by molar-refractivity contribution is 7.89. The fraction of sp³-hybridized carbons (Fsp3) is 0.500. The highest BCUT2D eigenvalue weighted by Crippen LogP contribution is 2.25. The Balaban J connectivity index is 2.01. The van der Waals surface area contributed by atoms with E-state index in [1.807, 2.05) is 13.8 Å². The van der Waals surface area contributed by atoms with Crippen molar-refractivity contribution in [1.29, 1.82) is 0 Å². The van der Waals surface area contributed by atoms with Gasteiger partial charge in [0.2, 0.25) is 15.9 Å². The molecule has 0 aliphatic carbocycles. The van der Waals surface area contributed by atoms with Crippen LogP contribution in [0.3, 0.4) is 0 Å². The van der Waals surface area contributed by atoms with E-state index in [0.29, 0.717) is 12.8 Å². The minimum Gasteiger partial charge on any atom is -0.480 e. The van der Waals surface area contributed by atoms with E-state index in [9.17, 15) is 18.0 Å². The van der Waals surface area contributed by atoms with E-state index in [1.165, 1.54) is 4.31 Å². The van der Waals surface area contributed by atoms with Crippen LogP contribution in [0.4, 0.5) is 0 Å². The van der Waals surface area contributed by atoms with Crippen molar-refractivity contribution in [3.05, 3.63) is 29.3 Å². The van der Waals surface area contributed by atoms with Crippen molar-refractivity contribution in [3.8, 4) is 0 Å². The standard InChI is InChI=1S/C16H22N2O5S/c1-11-3-4-14(9-12(11)2)24(22,23)18-7-5-13(6-8-18)16(21)17-10-15(19)20/h3-4,9,13H,5-8,10H2,1-2H3,(H,17,21)(H,19,20). The molecular weight excluding hydrogens is 332 g/mol. The molecule has 1 fully saturated rings. The lowest BCUT2D eigenvalue weighted by molar-refractivity contribution is -0.138. The van der Waals surface area contributed by atoms with Gasteiger partial charge in [-0.15, -0.1) is 0 Å². The number of aliphatic carboxylic acids is 1. The van der Waals surface area contributed by atoms with Crippen LogP contribution in [-0.4, -0.2) is 49.3 Å². The summed E-state index contributed by atoms with van der Waals surface area (Å²) in [6, 6.07) is 5.05. The summed E-state index contributed by atoms with van der Waals surface area (Å²) in [4.78, 5) is 22.6. The zero-order chi connectivity index (χ0) is 17.9. The van der Waals surface area contributed by atoms with Crippen molar-refractivity contribution in [2.24, 2.45) is 5.92 Å². The highest BCUT2D eigenvalue weighted by Gasteiger charge is 2.32. The number of nitrogens with one attached hydrogen (secondary N) is 1. The Hall–Kier alpha value is -1.93. The highest BCUT2D eigenvalue weighted by atomic mass is 32.2. The second kappa shape index (κ2) is 7.31. The van der Waals surface area contributed by atoms with E-state index in [2.05, 4.69) is 5.32 Å². The monoisotopic (exact) mass is 354 g/mol. The molecule has 1 aliphatic rings. The number of aryl methyl sites for hydroxylation is 2. The molecule has 0 saturated carbocycles. The molecule has 132 valence electrons. The van der Waals surface area contributed by atoms with Gasteiger partial charge in [-0.2, -0.15) is 4.31 Å². The third-order valence-electron chi connectivity index (χ3n) is 4.35. The second-order valence-corrected chi connectivity index (χ2v) is 7.97. The minimum atomic E-state index is -3.57. The van der Waals surface area contributed by atoms with Gasteiger partial charge in [-0.25, -0.2) is 8.42 Å². The number of nitrogens with zero attached hydrogens (tertiary/aromatic N) is 1. The Morgan fingerprint density at radius 1 is 1.21 bits per heavy atom. The Bertz CT molecular complexity index is 737. The molecule has 0 atom stereocenters. The molecule has 0 aromatic heterocycles. The number of piperidine rings is 1. The molecule has 0 bridgehead atoms. The molecule has 2 N–H and O–H groups in total. The largest absolute Gasteiger partial charge is 0.480 e. The van der Waals surface area contributed by atoms with E-state index in [0.717, 1.165) is 11.1 Å². The topological polar surface area (TPSA) is 104 Å². The fourth-order valence-corrected chi connectivity index (χ4v) is 4.24. The molecule has 0 spiro atoms. The van der Waals surface area contributed by atoms with E-state index in [1.54, 1.807) is 18.2 Å². The molecule has 2 rings (SSSR count). The van der Waals surface area contributed by atoms with Crippen LogP contribution < -0.4 is 5.32 Å². The molecular formula is C16H22N2O5S. The summed E-state index contributed by atoms with van der Waals surface area (Å²) in [5, 5.41) is 10.9. The van der Waals surface area contributed by atoms with Crippen LogP contribution in [0.1, 0.15) is 24.0 Å². The van der Waals surface area contributed by atoms with Crippen LogP contribution in [0.15, 0.2) is 23.1 Å². The number of rotatable bonds is 5. The molecule has 1 heterocycles. The number of hydrogen-bond acceptors (Lipinski definition) is 4. The molecule has 8 heteroatoms. The van der Waals surface area contributed by atoms with Crippen LogP contribution in [0, 0.1) is 19.8 Å². The van der Waals surface area contributed by atoms with E-state index in [-0.39, 0.29) is 29.8 Å². The van der Waals surface area contributed by atoms with Crippen molar-refractivity contribution in [2.75, 3.05) is 19.6 Å². The predicted octanol–water partition coefficient (Wildman–Crippen LogP) is 0.905. The summed E-state index contributed by atoms with van der Waals surface area (Å²) in [6.07, 6.45) is 0.769. The fourth-order valence-electron chi connectivity index (χ4n) is 2.69. The van der Waals surface area contributed by atoms with Crippen LogP contribution in [-0.2, 0) is 19.6 Å². The van der Waals surface area contributed by atoms with Gasteiger partial charge >= 0.3 is 5.97 Å². The average molecular weight is 354 g/mol. The third kappa shape index (κ3) is 4.12. The van der Waals surface area contributed by atoms with Gasteiger partial charge in [0.1, 0.15) is 6.54 Å². The number of sulfonamides is 1. The van der Waals surface area contributed by atoms with E-state index < -0.39 is 22.5 Å². The molecule has 0 unspecified atom stereocenters. The van der Waals surface area contributed by atoms with Crippen LogP contribution >= 0.6 is 0 Å². The van der Waals surface area contributed by atoms with Crippen molar-refractivity contribution in [2.45, 2.75) is 31.6 Å². The van der Waals surface area contributed by atoms with Gasteiger partial charge in [-0.1, -0.05) is 6.07 Å². The molecule has 1 aliphatic heterocycles. The van der Waals surface area contributed by atoms with Crippen LogP contribution in [0.2, 0.25) is 0 Å². The normalized spacial score (nSPS) is 16.8. The number of hydrogen-bond donors (Lipinski definition) is 2. The summed E-state index contributed by atoms with van der Waals surface area (Å²) in [5.41, 5.74) is 1.95. The molecule has 7 nitrogen and oxygen atoms in total. The maximum Gasteiger partial charge on any atom is 0.322 e. The Morgan fingerprint density at radius 3 is 2.38 bits per heavy atom. The lowest BCUT2D eigenvalue weighted by Gasteiger charge is -2.30. The average Bonchev–Trinajstić information content (AvgIpc) is 2.55. The summed E-state index contributed by atoms with van der Waals surface area (Å²) in [5.74, 6) is -1.78. The molecule has 1 aromatic carbocycles. The van der Waals surface area contributed by atoms with E-state index >= 15 is 0 Å². The Morgan fingerprint density at radius 2 is 1.83 bits per heavy atom. The lowest BCUT2D eigenvalue weighted by Crippen LogP contribution is -2.43. The summed E-state index contributed by atoms with van der Waals surface area (Å²) < 4.78 is 26.8. The first-order valence-corrected chi connectivity index (χ1v) is 9.22. The first kappa shape index (κ1) is 18.4. The van der Waals surface area contributed by atoms with Crippen molar-refractivity contribution in [3.63, 3.8) is 0 Å². The maximum absolute atomic E-state index is 12.7.